The topological polar surface area (TPSA) is 75.5 Å². The molecule has 2 rings (SSSR count). The minimum Gasteiger partial charge on any atom is -0.338 e. The zero-order valence-corrected chi connectivity index (χ0v) is 11.8. The number of nitrogens with zero attached hydrogens (tertiary/aromatic N) is 2. The molecule has 1 heterocycles. The van der Waals surface area contributed by atoms with Gasteiger partial charge in [0.1, 0.15) is 0 Å². The minimum atomic E-state index is -0.468. The SMILES string of the molecule is CNCC1CCN(C(=O)c2cc([N+](=O)[O-])ccc2C)C1. The lowest BCUT2D eigenvalue weighted by Crippen LogP contribution is -2.30. The van der Waals surface area contributed by atoms with E-state index >= 15 is 0 Å². The van der Waals surface area contributed by atoms with Crippen LogP contribution in [-0.2, 0) is 0 Å². The van der Waals surface area contributed by atoms with Gasteiger partial charge in [0, 0.05) is 30.8 Å². The third-order valence-electron chi connectivity index (χ3n) is 3.73. The molecule has 1 amide bonds. The molecule has 1 fully saturated rings. The van der Waals surface area contributed by atoms with Crippen LogP contribution >= 0.6 is 0 Å². The van der Waals surface area contributed by atoms with Gasteiger partial charge >= 0.3 is 0 Å². The van der Waals surface area contributed by atoms with Crippen molar-refractivity contribution in [2.24, 2.45) is 5.92 Å². The molecule has 1 N–H and O–H groups in total. The number of likely N-dealkylation sites (tertiary alicyclic amines) is 1. The van der Waals surface area contributed by atoms with Crippen molar-refractivity contribution in [3.8, 4) is 0 Å². The van der Waals surface area contributed by atoms with Gasteiger partial charge in [-0.2, -0.15) is 0 Å². The standard InChI is InChI=1S/C14H19N3O3/c1-10-3-4-12(17(19)20)7-13(10)14(18)16-6-5-11(9-16)8-15-2/h3-4,7,11,15H,5-6,8-9H2,1-2H3. The number of hydrogen-bond acceptors (Lipinski definition) is 4. The molecule has 6 heteroatoms. The molecule has 1 saturated heterocycles. The molecule has 0 radical (unpaired) electrons. The van der Waals surface area contributed by atoms with Crippen LogP contribution in [0.3, 0.4) is 0 Å². The summed E-state index contributed by atoms with van der Waals surface area (Å²) in [5.41, 5.74) is 1.17. The zero-order chi connectivity index (χ0) is 14.7. The summed E-state index contributed by atoms with van der Waals surface area (Å²) in [6.45, 7) is 4.12. The fourth-order valence-electron chi connectivity index (χ4n) is 2.60. The summed E-state index contributed by atoms with van der Waals surface area (Å²) >= 11 is 0. The number of carbonyl (C=O) groups excluding carboxylic acids is 1. The van der Waals surface area contributed by atoms with Crippen LogP contribution in [0, 0.1) is 23.0 Å². The van der Waals surface area contributed by atoms with Crippen molar-refractivity contribution in [1.82, 2.24) is 10.2 Å². The van der Waals surface area contributed by atoms with Crippen LogP contribution in [0.15, 0.2) is 18.2 Å². The first kappa shape index (κ1) is 14.5. The summed E-state index contributed by atoms with van der Waals surface area (Å²) in [4.78, 5) is 24.6. The van der Waals surface area contributed by atoms with Gasteiger partial charge in [-0.25, -0.2) is 0 Å². The Hall–Kier alpha value is -1.95. The number of nitro benzene ring substituents is 1. The van der Waals surface area contributed by atoms with Crippen LogP contribution in [0.1, 0.15) is 22.3 Å². The van der Waals surface area contributed by atoms with Crippen molar-refractivity contribution in [3.05, 3.63) is 39.4 Å². The lowest BCUT2D eigenvalue weighted by Gasteiger charge is -2.17. The van der Waals surface area contributed by atoms with E-state index in [4.69, 9.17) is 0 Å². The molecule has 6 nitrogen and oxygen atoms in total. The van der Waals surface area contributed by atoms with Crippen molar-refractivity contribution in [1.29, 1.82) is 0 Å². The molecule has 108 valence electrons. The Kier molecular flexibility index (Phi) is 4.34. The smallest absolute Gasteiger partial charge is 0.270 e. The van der Waals surface area contributed by atoms with E-state index in [9.17, 15) is 14.9 Å². The Morgan fingerprint density at radius 1 is 1.55 bits per heavy atom. The minimum absolute atomic E-state index is 0.0371. The molecule has 0 saturated carbocycles. The number of nitro groups is 1. The Morgan fingerprint density at radius 3 is 2.95 bits per heavy atom. The first-order valence-electron chi connectivity index (χ1n) is 6.72. The van der Waals surface area contributed by atoms with E-state index in [1.165, 1.54) is 12.1 Å². The van der Waals surface area contributed by atoms with Gasteiger partial charge in [0.05, 0.1) is 4.92 Å². The van der Waals surface area contributed by atoms with Gasteiger partial charge in [-0.1, -0.05) is 6.07 Å². The maximum atomic E-state index is 12.5. The summed E-state index contributed by atoms with van der Waals surface area (Å²) in [7, 11) is 1.90. The van der Waals surface area contributed by atoms with E-state index in [-0.39, 0.29) is 11.6 Å². The van der Waals surface area contributed by atoms with Crippen LogP contribution < -0.4 is 5.32 Å². The van der Waals surface area contributed by atoms with E-state index in [1.807, 2.05) is 7.05 Å². The Labute approximate surface area is 117 Å². The third kappa shape index (κ3) is 2.96. The first-order valence-corrected chi connectivity index (χ1v) is 6.72. The number of benzene rings is 1. The molecule has 1 aliphatic rings. The maximum absolute atomic E-state index is 12.5. The summed E-state index contributed by atoms with van der Waals surface area (Å²) in [6, 6.07) is 4.44. The number of nitrogens with one attached hydrogen (secondary N) is 1. The van der Waals surface area contributed by atoms with Crippen molar-refractivity contribution >= 4 is 11.6 Å². The van der Waals surface area contributed by atoms with Gasteiger partial charge in [-0.15, -0.1) is 0 Å². The Balaban J connectivity index is 2.17. The molecule has 0 aromatic heterocycles. The van der Waals surface area contributed by atoms with Crippen LogP contribution in [0.5, 0.6) is 0 Å². The van der Waals surface area contributed by atoms with E-state index in [2.05, 4.69) is 5.32 Å². The molecule has 1 atom stereocenters. The monoisotopic (exact) mass is 277 g/mol. The fourth-order valence-corrected chi connectivity index (χ4v) is 2.60. The molecule has 1 unspecified atom stereocenters. The van der Waals surface area contributed by atoms with Gasteiger partial charge in [0.2, 0.25) is 0 Å². The Morgan fingerprint density at radius 2 is 2.30 bits per heavy atom. The van der Waals surface area contributed by atoms with E-state index in [1.54, 1.807) is 17.9 Å². The largest absolute Gasteiger partial charge is 0.338 e. The van der Waals surface area contributed by atoms with E-state index in [0.29, 0.717) is 24.6 Å². The van der Waals surface area contributed by atoms with Crippen LogP contribution in [-0.4, -0.2) is 42.4 Å². The van der Waals surface area contributed by atoms with Crippen LogP contribution in [0.2, 0.25) is 0 Å². The second-order valence-electron chi connectivity index (χ2n) is 5.22. The maximum Gasteiger partial charge on any atom is 0.270 e. The van der Waals surface area contributed by atoms with Crippen molar-refractivity contribution in [2.45, 2.75) is 13.3 Å². The van der Waals surface area contributed by atoms with E-state index in [0.717, 1.165) is 18.5 Å². The summed E-state index contributed by atoms with van der Waals surface area (Å²) in [6.07, 6.45) is 0.973. The average molecular weight is 277 g/mol. The predicted molar refractivity (Wildman–Crippen MR) is 75.8 cm³/mol. The number of rotatable bonds is 4. The Bertz CT molecular complexity index is 530. The molecule has 1 aliphatic heterocycles. The molecular weight excluding hydrogens is 258 g/mol. The summed E-state index contributed by atoms with van der Waals surface area (Å²) in [5.74, 6) is 0.354. The number of amides is 1. The van der Waals surface area contributed by atoms with Crippen LogP contribution in [0.25, 0.3) is 0 Å². The molecule has 20 heavy (non-hydrogen) atoms. The zero-order valence-electron chi connectivity index (χ0n) is 11.8. The highest BCUT2D eigenvalue weighted by Crippen LogP contribution is 2.22. The highest BCUT2D eigenvalue weighted by molar-refractivity contribution is 5.96. The number of hydrogen-bond donors (Lipinski definition) is 1. The second kappa shape index (κ2) is 6.00. The molecule has 0 aliphatic carbocycles. The van der Waals surface area contributed by atoms with Crippen molar-refractivity contribution in [3.63, 3.8) is 0 Å². The highest BCUT2D eigenvalue weighted by Gasteiger charge is 2.28. The summed E-state index contributed by atoms with van der Waals surface area (Å²) < 4.78 is 0. The molecule has 1 aromatic rings. The van der Waals surface area contributed by atoms with Gasteiger partial charge in [-0.3, -0.25) is 14.9 Å². The molecular formula is C14H19N3O3. The lowest BCUT2D eigenvalue weighted by atomic mass is 10.1. The third-order valence-corrected chi connectivity index (χ3v) is 3.73. The fraction of sp³-hybridized carbons (Fsp3) is 0.500. The van der Waals surface area contributed by atoms with Gasteiger partial charge in [0.15, 0.2) is 0 Å². The summed E-state index contributed by atoms with van der Waals surface area (Å²) in [5, 5.41) is 13.9. The molecule has 0 bridgehead atoms. The predicted octanol–water partition coefficient (Wildman–Crippen LogP) is 1.58. The van der Waals surface area contributed by atoms with Crippen LogP contribution in [0.4, 0.5) is 5.69 Å². The normalized spacial score (nSPS) is 18.3. The quantitative estimate of drug-likeness (QED) is 0.669. The first-order chi connectivity index (χ1) is 9.52. The van der Waals surface area contributed by atoms with Gasteiger partial charge in [0.25, 0.3) is 11.6 Å². The second-order valence-corrected chi connectivity index (χ2v) is 5.22. The van der Waals surface area contributed by atoms with Crippen molar-refractivity contribution < 1.29 is 9.72 Å². The molecule has 0 spiro atoms. The van der Waals surface area contributed by atoms with Crippen molar-refractivity contribution in [2.75, 3.05) is 26.7 Å². The lowest BCUT2D eigenvalue weighted by molar-refractivity contribution is -0.384. The van der Waals surface area contributed by atoms with Gasteiger partial charge < -0.3 is 10.2 Å². The average Bonchev–Trinajstić information content (AvgIpc) is 2.87. The molecule has 1 aromatic carbocycles. The number of carbonyl (C=O) groups is 1. The number of aryl methyl sites for hydroxylation is 1. The highest BCUT2D eigenvalue weighted by atomic mass is 16.6. The van der Waals surface area contributed by atoms with Gasteiger partial charge in [-0.05, 0) is 38.4 Å². The van der Waals surface area contributed by atoms with E-state index < -0.39 is 4.92 Å². The number of non-ortho nitro benzene ring substituents is 1.